The van der Waals surface area contributed by atoms with Crippen molar-refractivity contribution in [2.45, 2.75) is 50.3 Å². The highest BCUT2D eigenvalue weighted by molar-refractivity contribution is 5.46. The summed E-state index contributed by atoms with van der Waals surface area (Å²) in [5.41, 5.74) is 4.00. The van der Waals surface area contributed by atoms with E-state index in [4.69, 9.17) is 14.2 Å². The molecule has 0 aromatic heterocycles. The fourth-order valence-corrected chi connectivity index (χ4v) is 4.13. The minimum atomic E-state index is -1.40. The summed E-state index contributed by atoms with van der Waals surface area (Å²) >= 11 is 0. The highest BCUT2D eigenvalue weighted by atomic mass is 16.6. The molecule has 7 heteroatoms. The highest BCUT2D eigenvalue weighted by Gasteiger charge is 2.44. The molecule has 2 aromatic rings. The predicted octanol–water partition coefficient (Wildman–Crippen LogP) is 1.13. The number of aryl methyl sites for hydroxylation is 1. The summed E-state index contributed by atoms with van der Waals surface area (Å²) in [5.74, 6) is 1.48. The molecule has 0 saturated carbocycles. The lowest BCUT2D eigenvalue weighted by Crippen LogP contribution is -2.55. The lowest BCUT2D eigenvalue weighted by atomic mass is 9.88. The van der Waals surface area contributed by atoms with Crippen LogP contribution in [0.5, 0.6) is 11.5 Å². The van der Waals surface area contributed by atoms with Gasteiger partial charge in [-0.15, -0.1) is 0 Å². The van der Waals surface area contributed by atoms with Gasteiger partial charge in [0.2, 0.25) is 0 Å². The van der Waals surface area contributed by atoms with Gasteiger partial charge < -0.3 is 34.6 Å². The number of rotatable bonds is 5. The van der Waals surface area contributed by atoms with E-state index in [0.717, 1.165) is 29.0 Å². The smallest absolute Gasteiger partial charge is 0.161 e. The van der Waals surface area contributed by atoms with Gasteiger partial charge in [0.25, 0.3) is 0 Å². The van der Waals surface area contributed by atoms with Crippen molar-refractivity contribution in [2.75, 3.05) is 19.8 Å². The van der Waals surface area contributed by atoms with Crippen molar-refractivity contribution in [1.82, 2.24) is 0 Å². The van der Waals surface area contributed by atoms with Crippen LogP contribution in [-0.2, 0) is 17.6 Å². The molecule has 0 bridgehead atoms. The van der Waals surface area contributed by atoms with Gasteiger partial charge in [0, 0.05) is 0 Å². The van der Waals surface area contributed by atoms with Gasteiger partial charge in [-0.25, -0.2) is 0 Å². The second-order valence-electron chi connectivity index (χ2n) is 7.79. The fraction of sp³-hybridized carbons (Fsp3) is 0.478. The zero-order valence-corrected chi connectivity index (χ0v) is 16.9. The molecule has 2 aliphatic rings. The summed E-state index contributed by atoms with van der Waals surface area (Å²) < 4.78 is 17.0. The average molecular weight is 416 g/mol. The Kier molecular flexibility index (Phi) is 6.26. The maximum Gasteiger partial charge on any atom is 0.161 e. The van der Waals surface area contributed by atoms with Gasteiger partial charge in [0.05, 0.1) is 6.61 Å². The van der Waals surface area contributed by atoms with Crippen LogP contribution >= 0.6 is 0 Å². The Morgan fingerprint density at radius 2 is 1.63 bits per heavy atom. The molecule has 0 spiro atoms. The number of fused-ring (bicyclic) bond motifs is 1. The molecular formula is C23H28O7. The van der Waals surface area contributed by atoms with Gasteiger partial charge in [-0.3, -0.25) is 0 Å². The third-order valence-electron chi connectivity index (χ3n) is 5.83. The molecule has 4 N–H and O–H groups in total. The number of benzene rings is 2. The Balaban J connectivity index is 1.62. The summed E-state index contributed by atoms with van der Waals surface area (Å²) in [6, 6.07) is 11.7. The van der Waals surface area contributed by atoms with E-state index in [1.807, 2.05) is 36.4 Å². The summed E-state index contributed by atoms with van der Waals surface area (Å²) in [4.78, 5) is 0. The molecule has 5 atom stereocenters. The predicted molar refractivity (Wildman–Crippen MR) is 109 cm³/mol. The Bertz CT molecular complexity index is 882. The molecule has 30 heavy (non-hydrogen) atoms. The zero-order chi connectivity index (χ0) is 21.3. The van der Waals surface area contributed by atoms with Crippen LogP contribution in [0, 0.1) is 0 Å². The SMILES string of the molecule is CCc1ccc(C2OC(CO)C(O)C(O)C2O)cc1Cc1ccc2c(c1)OCCO2. The Morgan fingerprint density at radius 1 is 0.867 bits per heavy atom. The minimum Gasteiger partial charge on any atom is -0.486 e. The largest absolute Gasteiger partial charge is 0.486 e. The van der Waals surface area contributed by atoms with Crippen LogP contribution in [0.4, 0.5) is 0 Å². The van der Waals surface area contributed by atoms with Crippen LogP contribution in [-0.4, -0.2) is 64.7 Å². The third kappa shape index (κ3) is 4.04. The van der Waals surface area contributed by atoms with Crippen LogP contribution in [0.15, 0.2) is 36.4 Å². The number of aliphatic hydroxyl groups excluding tert-OH is 4. The Hall–Kier alpha value is -2.16. The molecule has 7 nitrogen and oxygen atoms in total. The number of hydrogen-bond acceptors (Lipinski definition) is 7. The molecular weight excluding hydrogens is 388 g/mol. The molecule has 2 heterocycles. The van der Waals surface area contributed by atoms with Crippen molar-refractivity contribution in [3.63, 3.8) is 0 Å². The highest BCUT2D eigenvalue weighted by Crippen LogP contribution is 2.35. The van der Waals surface area contributed by atoms with E-state index in [2.05, 4.69) is 6.92 Å². The van der Waals surface area contributed by atoms with Gasteiger partial charge in [0.15, 0.2) is 11.5 Å². The van der Waals surface area contributed by atoms with Crippen molar-refractivity contribution in [3.05, 3.63) is 58.7 Å². The maximum atomic E-state index is 10.5. The molecule has 4 rings (SSSR count). The molecule has 0 amide bonds. The molecule has 1 fully saturated rings. The molecule has 2 aromatic carbocycles. The van der Waals surface area contributed by atoms with Gasteiger partial charge >= 0.3 is 0 Å². The van der Waals surface area contributed by atoms with E-state index in [1.165, 1.54) is 5.56 Å². The van der Waals surface area contributed by atoms with E-state index in [-0.39, 0.29) is 0 Å². The monoisotopic (exact) mass is 416 g/mol. The van der Waals surface area contributed by atoms with E-state index >= 15 is 0 Å². The van der Waals surface area contributed by atoms with E-state index in [9.17, 15) is 20.4 Å². The second kappa shape index (κ2) is 8.91. The Morgan fingerprint density at radius 3 is 2.37 bits per heavy atom. The van der Waals surface area contributed by atoms with Crippen LogP contribution < -0.4 is 9.47 Å². The topological polar surface area (TPSA) is 109 Å². The molecule has 0 aliphatic carbocycles. The van der Waals surface area contributed by atoms with Gasteiger partial charge in [-0.2, -0.15) is 0 Å². The van der Waals surface area contributed by atoms with Crippen molar-refractivity contribution in [3.8, 4) is 11.5 Å². The number of hydrogen-bond donors (Lipinski definition) is 4. The van der Waals surface area contributed by atoms with Crippen molar-refractivity contribution < 1.29 is 34.6 Å². The summed E-state index contributed by atoms with van der Waals surface area (Å²) in [5, 5.41) is 40.1. The van der Waals surface area contributed by atoms with Crippen molar-refractivity contribution in [1.29, 1.82) is 0 Å². The molecule has 162 valence electrons. The van der Waals surface area contributed by atoms with Crippen LogP contribution in [0.3, 0.4) is 0 Å². The number of aliphatic hydroxyl groups is 4. The fourth-order valence-electron chi connectivity index (χ4n) is 4.13. The molecule has 5 unspecified atom stereocenters. The van der Waals surface area contributed by atoms with E-state index in [1.54, 1.807) is 0 Å². The van der Waals surface area contributed by atoms with Crippen molar-refractivity contribution >= 4 is 0 Å². The number of ether oxygens (including phenoxy) is 3. The first kappa shape index (κ1) is 21.1. The quantitative estimate of drug-likeness (QED) is 0.579. The summed E-state index contributed by atoms with van der Waals surface area (Å²) in [7, 11) is 0. The average Bonchev–Trinajstić information content (AvgIpc) is 2.77. The lowest BCUT2D eigenvalue weighted by molar-refractivity contribution is -0.231. The summed E-state index contributed by atoms with van der Waals surface area (Å²) in [6.07, 6.45) is -4.33. The van der Waals surface area contributed by atoms with E-state index in [0.29, 0.717) is 25.2 Å². The maximum absolute atomic E-state index is 10.5. The van der Waals surface area contributed by atoms with Gasteiger partial charge in [-0.05, 0) is 47.2 Å². The van der Waals surface area contributed by atoms with Gasteiger partial charge in [0.1, 0.15) is 43.7 Å². The first-order valence-electron chi connectivity index (χ1n) is 10.3. The van der Waals surface area contributed by atoms with Crippen molar-refractivity contribution in [2.24, 2.45) is 0 Å². The normalized spacial score (nSPS) is 28.4. The molecule has 2 aliphatic heterocycles. The Labute approximate surface area is 175 Å². The second-order valence-corrected chi connectivity index (χ2v) is 7.79. The first-order valence-corrected chi connectivity index (χ1v) is 10.3. The lowest BCUT2D eigenvalue weighted by Gasteiger charge is -2.40. The molecule has 0 radical (unpaired) electrons. The standard InChI is InChI=1S/C23H28O7/c1-2-14-4-5-15(23-22(27)21(26)20(25)19(12-24)30-23)11-16(14)9-13-3-6-17-18(10-13)29-8-7-28-17/h3-6,10-11,19-27H,2,7-9,12H2,1H3. The first-order chi connectivity index (χ1) is 14.5. The third-order valence-corrected chi connectivity index (χ3v) is 5.83. The molecule has 1 saturated heterocycles. The summed E-state index contributed by atoms with van der Waals surface area (Å²) in [6.45, 7) is 2.71. The van der Waals surface area contributed by atoms with Crippen LogP contribution in [0.1, 0.15) is 35.3 Å². The van der Waals surface area contributed by atoms with Gasteiger partial charge in [-0.1, -0.05) is 31.2 Å². The van der Waals surface area contributed by atoms with E-state index < -0.39 is 37.1 Å². The zero-order valence-electron chi connectivity index (χ0n) is 16.9. The minimum absolute atomic E-state index is 0.446. The van der Waals surface area contributed by atoms with Crippen LogP contribution in [0.2, 0.25) is 0 Å². The van der Waals surface area contributed by atoms with Crippen LogP contribution in [0.25, 0.3) is 0 Å².